The Kier molecular flexibility index (Phi) is 6.32. The summed E-state index contributed by atoms with van der Waals surface area (Å²) in [6.45, 7) is 8.12. The van der Waals surface area contributed by atoms with Crippen molar-refractivity contribution >= 4 is 5.78 Å². The van der Waals surface area contributed by atoms with Gasteiger partial charge in [0.05, 0.1) is 7.98 Å². The Balaban J connectivity index is 1.71. The molecule has 1 unspecified atom stereocenters. The van der Waals surface area contributed by atoms with E-state index in [-0.39, 0.29) is 5.78 Å². The lowest BCUT2D eigenvalue weighted by atomic mass is 10.0. The van der Waals surface area contributed by atoms with Gasteiger partial charge in [-0.05, 0) is 62.8 Å². The first-order chi connectivity index (χ1) is 11.0. The Morgan fingerprint density at radius 2 is 2.32 bits per heavy atom. The van der Waals surface area contributed by atoms with Gasteiger partial charge >= 0.3 is 0 Å². The summed E-state index contributed by atoms with van der Waals surface area (Å²) in [6, 6.07) is 6.05. The molecule has 0 amide bonds. The van der Waals surface area contributed by atoms with E-state index in [0.29, 0.717) is 25.5 Å². The van der Waals surface area contributed by atoms with Gasteiger partial charge in [-0.1, -0.05) is 19.0 Å². The minimum Gasteiger partial charge on any atom is -0.494 e. The average molecular weight is 304 g/mol. The number of Topliss-reactive ketones (excluding diaryl/α,β-unsaturated/α-hetero) is 1. The number of rotatable bonds is 8. The zero-order chi connectivity index (χ0) is 16.7. The number of piperidine rings is 1. The predicted molar refractivity (Wildman–Crippen MR) is 90.4 cm³/mol. The molecule has 122 valence electrons. The number of carbonyl (C=O) groups excluding carboxylic acids is 1. The van der Waals surface area contributed by atoms with Crippen LogP contribution in [0.3, 0.4) is 0 Å². The van der Waals surface area contributed by atoms with Crippen molar-refractivity contribution in [2.24, 2.45) is 5.92 Å². The van der Waals surface area contributed by atoms with Crippen LogP contribution in [0, 0.1) is 5.92 Å². The summed E-state index contributed by atoms with van der Waals surface area (Å²) in [5.74, 6) is 1.74. The van der Waals surface area contributed by atoms with Gasteiger partial charge in [0.25, 0.3) is 0 Å². The standard InChI is InChI=1S/C19H29NO2/c1-16-5-3-12-20(15-16)13-4-14-22-19-10-8-18(9-11-19)7-6-17(2)21/h8-11,16H,3-7,12-15H2,1-2H3/i8D. The van der Waals surface area contributed by atoms with Gasteiger partial charge in [0.2, 0.25) is 0 Å². The molecule has 0 radical (unpaired) electrons. The SMILES string of the molecule is [2H]c1cc(OCCCN2CCCC(C)C2)ccc1CCC(C)=O. The van der Waals surface area contributed by atoms with Gasteiger partial charge in [-0.2, -0.15) is 0 Å². The molecule has 1 fully saturated rings. The minimum absolute atomic E-state index is 0.164. The average Bonchev–Trinajstić information content (AvgIpc) is 2.50. The first kappa shape index (κ1) is 15.5. The first-order valence-corrected chi connectivity index (χ1v) is 8.48. The Hall–Kier alpha value is -1.35. The van der Waals surface area contributed by atoms with E-state index in [1.54, 1.807) is 13.0 Å². The number of ketones is 1. The molecular weight excluding hydrogens is 274 g/mol. The Morgan fingerprint density at radius 1 is 1.45 bits per heavy atom. The highest BCUT2D eigenvalue weighted by molar-refractivity contribution is 5.75. The van der Waals surface area contributed by atoms with Gasteiger partial charge in [-0.25, -0.2) is 0 Å². The number of likely N-dealkylation sites (tertiary alicyclic amines) is 1. The van der Waals surface area contributed by atoms with Crippen LogP contribution in [0.2, 0.25) is 0 Å². The molecule has 1 aliphatic rings. The predicted octanol–water partition coefficient (Wildman–Crippen LogP) is 3.71. The molecule has 2 rings (SSSR count). The van der Waals surface area contributed by atoms with Gasteiger partial charge < -0.3 is 14.4 Å². The number of ether oxygens (including phenoxy) is 1. The molecule has 3 nitrogen and oxygen atoms in total. The molecule has 0 saturated carbocycles. The van der Waals surface area contributed by atoms with Crippen LogP contribution in [0.1, 0.15) is 46.5 Å². The van der Waals surface area contributed by atoms with E-state index in [1.807, 2.05) is 12.1 Å². The summed E-state index contributed by atoms with van der Waals surface area (Å²) in [4.78, 5) is 13.6. The Morgan fingerprint density at radius 3 is 3.05 bits per heavy atom. The Bertz CT molecular complexity index is 518. The maximum absolute atomic E-state index is 11.0. The van der Waals surface area contributed by atoms with E-state index in [1.165, 1.54) is 25.9 Å². The molecule has 1 aromatic rings. The van der Waals surface area contributed by atoms with Crippen molar-refractivity contribution in [3.05, 3.63) is 29.8 Å². The van der Waals surface area contributed by atoms with Crippen LogP contribution in [0.5, 0.6) is 5.75 Å². The lowest BCUT2D eigenvalue weighted by Gasteiger charge is -2.30. The number of benzene rings is 1. The molecule has 1 saturated heterocycles. The molecule has 1 aliphatic heterocycles. The molecule has 0 aliphatic carbocycles. The third-order valence-corrected chi connectivity index (χ3v) is 4.22. The second-order valence-electron chi connectivity index (χ2n) is 6.50. The first-order valence-electron chi connectivity index (χ1n) is 8.98. The maximum Gasteiger partial charge on any atom is 0.130 e. The highest BCUT2D eigenvalue weighted by atomic mass is 16.5. The van der Waals surface area contributed by atoms with Crippen LogP contribution in [0.25, 0.3) is 0 Å². The van der Waals surface area contributed by atoms with E-state index in [4.69, 9.17) is 6.11 Å². The summed E-state index contributed by atoms with van der Waals surface area (Å²) in [7, 11) is 0. The smallest absolute Gasteiger partial charge is 0.130 e. The quantitative estimate of drug-likeness (QED) is 0.686. The number of aryl methyl sites for hydroxylation is 1. The number of hydrogen-bond acceptors (Lipinski definition) is 3. The van der Waals surface area contributed by atoms with Gasteiger partial charge in [0.1, 0.15) is 11.5 Å². The lowest BCUT2D eigenvalue weighted by molar-refractivity contribution is -0.116. The maximum atomic E-state index is 11.0. The fraction of sp³-hybridized carbons (Fsp3) is 0.632. The van der Waals surface area contributed by atoms with Crippen molar-refractivity contribution in [3.63, 3.8) is 0 Å². The molecule has 0 N–H and O–H groups in total. The van der Waals surface area contributed by atoms with E-state index < -0.39 is 0 Å². The summed E-state index contributed by atoms with van der Waals surface area (Å²) < 4.78 is 13.8. The summed E-state index contributed by atoms with van der Waals surface area (Å²) in [5.41, 5.74) is 0.912. The van der Waals surface area contributed by atoms with Crippen molar-refractivity contribution in [1.82, 2.24) is 4.90 Å². The molecule has 3 heteroatoms. The highest BCUT2D eigenvalue weighted by Crippen LogP contribution is 2.16. The van der Waals surface area contributed by atoms with E-state index in [9.17, 15) is 4.79 Å². The molecule has 0 spiro atoms. The molecular formula is C19H29NO2. The van der Waals surface area contributed by atoms with Crippen LogP contribution < -0.4 is 4.74 Å². The minimum atomic E-state index is 0.164. The zero-order valence-corrected chi connectivity index (χ0v) is 13.9. The van der Waals surface area contributed by atoms with E-state index in [0.717, 1.165) is 30.2 Å². The van der Waals surface area contributed by atoms with Crippen molar-refractivity contribution in [2.45, 2.75) is 46.0 Å². The van der Waals surface area contributed by atoms with Crippen molar-refractivity contribution < 1.29 is 10.9 Å². The summed E-state index contributed by atoms with van der Waals surface area (Å²) in [6.07, 6.45) is 4.83. The second kappa shape index (κ2) is 8.94. The molecule has 22 heavy (non-hydrogen) atoms. The fourth-order valence-corrected chi connectivity index (χ4v) is 2.97. The molecule has 0 bridgehead atoms. The molecule has 1 heterocycles. The van der Waals surface area contributed by atoms with E-state index >= 15 is 0 Å². The largest absolute Gasteiger partial charge is 0.494 e. The third kappa shape index (κ3) is 6.18. The molecule has 0 aromatic heterocycles. The van der Waals surface area contributed by atoms with Crippen molar-refractivity contribution in [1.29, 1.82) is 0 Å². The summed E-state index contributed by atoms with van der Waals surface area (Å²) >= 11 is 0. The fourth-order valence-electron chi connectivity index (χ4n) is 2.97. The van der Waals surface area contributed by atoms with Crippen LogP contribution in [-0.4, -0.2) is 36.9 Å². The Labute approximate surface area is 136 Å². The van der Waals surface area contributed by atoms with E-state index in [2.05, 4.69) is 11.8 Å². The third-order valence-electron chi connectivity index (χ3n) is 4.22. The highest BCUT2D eigenvalue weighted by Gasteiger charge is 2.15. The lowest BCUT2D eigenvalue weighted by Crippen LogP contribution is -2.35. The van der Waals surface area contributed by atoms with Crippen LogP contribution in [0.15, 0.2) is 24.2 Å². The van der Waals surface area contributed by atoms with Gasteiger partial charge in [0, 0.05) is 19.5 Å². The molecule has 1 aromatic carbocycles. The van der Waals surface area contributed by atoms with Crippen LogP contribution in [-0.2, 0) is 11.2 Å². The van der Waals surface area contributed by atoms with Crippen LogP contribution >= 0.6 is 0 Å². The van der Waals surface area contributed by atoms with Gasteiger partial charge in [-0.15, -0.1) is 0 Å². The second-order valence-corrected chi connectivity index (χ2v) is 6.50. The number of hydrogen-bond donors (Lipinski definition) is 0. The monoisotopic (exact) mass is 304 g/mol. The van der Waals surface area contributed by atoms with Crippen molar-refractivity contribution in [2.75, 3.05) is 26.2 Å². The molecule has 1 atom stereocenters. The van der Waals surface area contributed by atoms with Gasteiger partial charge in [0.15, 0.2) is 0 Å². The van der Waals surface area contributed by atoms with Crippen LogP contribution in [0.4, 0.5) is 0 Å². The number of nitrogens with zero attached hydrogens (tertiary/aromatic N) is 1. The normalized spacial score (nSPS) is 19.7. The topological polar surface area (TPSA) is 29.5 Å². The number of carbonyl (C=O) groups is 1. The summed E-state index contributed by atoms with van der Waals surface area (Å²) in [5, 5.41) is 0. The van der Waals surface area contributed by atoms with Gasteiger partial charge in [-0.3, -0.25) is 0 Å². The zero-order valence-electron chi connectivity index (χ0n) is 14.9. The van der Waals surface area contributed by atoms with Crippen molar-refractivity contribution in [3.8, 4) is 5.75 Å².